The molecule has 2 amide bonds. The fraction of sp³-hybridized carbons (Fsp3) is 0.579. The van der Waals surface area contributed by atoms with Gasteiger partial charge in [0.25, 0.3) is 5.91 Å². The Morgan fingerprint density at radius 3 is 2.92 bits per heavy atom. The van der Waals surface area contributed by atoms with Crippen LogP contribution in [0.4, 0.5) is 0 Å². The standard InChI is InChI=1S/C19H26ClN3O3/c1-26-17-7-6-14(20)10-15(17)19(25)23-9-3-5-16(23)18(24)22-12-13-4-2-8-21-11-13/h6-7,10,13,16,21H,2-5,8-9,11-12H2,1H3,(H,22,24). The number of nitrogens with zero attached hydrogens (tertiary/aromatic N) is 1. The zero-order valence-corrected chi connectivity index (χ0v) is 15.8. The molecule has 3 rings (SSSR count). The van der Waals surface area contributed by atoms with Gasteiger partial charge in [-0.05, 0) is 62.9 Å². The lowest BCUT2D eigenvalue weighted by atomic mass is 9.99. The van der Waals surface area contributed by atoms with E-state index in [1.165, 1.54) is 7.11 Å². The van der Waals surface area contributed by atoms with Gasteiger partial charge in [0, 0.05) is 18.1 Å². The van der Waals surface area contributed by atoms with Gasteiger partial charge in [0.2, 0.25) is 5.91 Å². The number of nitrogens with one attached hydrogen (secondary N) is 2. The number of halogens is 1. The van der Waals surface area contributed by atoms with Crippen LogP contribution >= 0.6 is 11.6 Å². The van der Waals surface area contributed by atoms with Crippen LogP contribution < -0.4 is 15.4 Å². The molecule has 2 atom stereocenters. The van der Waals surface area contributed by atoms with Crippen LogP contribution in [0.15, 0.2) is 18.2 Å². The molecule has 0 bridgehead atoms. The Hall–Kier alpha value is -1.79. The molecule has 26 heavy (non-hydrogen) atoms. The van der Waals surface area contributed by atoms with E-state index >= 15 is 0 Å². The minimum atomic E-state index is -0.428. The van der Waals surface area contributed by atoms with Crippen molar-refractivity contribution in [3.05, 3.63) is 28.8 Å². The maximum absolute atomic E-state index is 13.0. The Kier molecular flexibility index (Phi) is 6.38. The molecule has 2 heterocycles. The van der Waals surface area contributed by atoms with E-state index < -0.39 is 6.04 Å². The third-order valence-electron chi connectivity index (χ3n) is 5.17. The number of methoxy groups -OCH3 is 1. The van der Waals surface area contributed by atoms with E-state index in [0.717, 1.165) is 32.4 Å². The molecule has 6 nitrogen and oxygen atoms in total. The Morgan fingerprint density at radius 1 is 1.35 bits per heavy atom. The summed E-state index contributed by atoms with van der Waals surface area (Å²) in [5.41, 5.74) is 0.399. The van der Waals surface area contributed by atoms with Crippen molar-refractivity contribution in [2.75, 3.05) is 33.3 Å². The molecule has 0 saturated carbocycles. The summed E-state index contributed by atoms with van der Waals surface area (Å²) in [5, 5.41) is 6.86. The number of benzene rings is 1. The molecule has 2 N–H and O–H groups in total. The third kappa shape index (κ3) is 4.30. The lowest BCUT2D eigenvalue weighted by Gasteiger charge is -2.27. The minimum Gasteiger partial charge on any atom is -0.496 e. The highest BCUT2D eigenvalue weighted by molar-refractivity contribution is 6.31. The van der Waals surface area contributed by atoms with Crippen molar-refractivity contribution in [1.29, 1.82) is 0 Å². The molecule has 2 aliphatic rings. The summed E-state index contributed by atoms with van der Waals surface area (Å²) in [6.45, 7) is 3.21. The average Bonchev–Trinajstić information content (AvgIpc) is 3.16. The molecule has 1 aromatic carbocycles. The summed E-state index contributed by atoms with van der Waals surface area (Å²) in [6.07, 6.45) is 3.77. The van der Waals surface area contributed by atoms with Crippen molar-refractivity contribution in [2.45, 2.75) is 31.7 Å². The van der Waals surface area contributed by atoms with Crippen LogP contribution in [-0.4, -0.2) is 56.0 Å². The van der Waals surface area contributed by atoms with E-state index in [1.807, 2.05) is 0 Å². The fourth-order valence-corrected chi connectivity index (χ4v) is 3.92. The van der Waals surface area contributed by atoms with Crippen LogP contribution in [0.3, 0.4) is 0 Å². The quantitative estimate of drug-likeness (QED) is 0.821. The van der Waals surface area contributed by atoms with Crippen molar-refractivity contribution < 1.29 is 14.3 Å². The Morgan fingerprint density at radius 2 is 2.19 bits per heavy atom. The van der Waals surface area contributed by atoms with Crippen molar-refractivity contribution in [2.24, 2.45) is 5.92 Å². The van der Waals surface area contributed by atoms with E-state index in [-0.39, 0.29) is 11.8 Å². The average molecular weight is 380 g/mol. The monoisotopic (exact) mass is 379 g/mol. The summed E-state index contributed by atoms with van der Waals surface area (Å²) in [4.78, 5) is 27.3. The van der Waals surface area contributed by atoms with Gasteiger partial charge in [0.1, 0.15) is 11.8 Å². The highest BCUT2D eigenvalue weighted by Crippen LogP contribution is 2.27. The second-order valence-corrected chi connectivity index (χ2v) is 7.40. The summed E-state index contributed by atoms with van der Waals surface area (Å²) in [6, 6.07) is 4.53. The van der Waals surface area contributed by atoms with Gasteiger partial charge in [0.15, 0.2) is 0 Å². The molecule has 0 spiro atoms. The normalized spacial score (nSPS) is 22.9. The van der Waals surface area contributed by atoms with E-state index in [0.29, 0.717) is 41.8 Å². The first kappa shape index (κ1) is 19.0. The SMILES string of the molecule is COc1ccc(Cl)cc1C(=O)N1CCCC1C(=O)NCC1CCCNC1. The molecule has 2 aliphatic heterocycles. The lowest BCUT2D eigenvalue weighted by molar-refractivity contribution is -0.125. The topological polar surface area (TPSA) is 70.7 Å². The fourth-order valence-electron chi connectivity index (χ4n) is 3.75. The summed E-state index contributed by atoms with van der Waals surface area (Å²) < 4.78 is 5.29. The second kappa shape index (κ2) is 8.73. The zero-order valence-electron chi connectivity index (χ0n) is 15.1. The van der Waals surface area contributed by atoms with Gasteiger partial charge in [-0.25, -0.2) is 0 Å². The molecular formula is C19H26ClN3O3. The minimum absolute atomic E-state index is 0.0672. The van der Waals surface area contributed by atoms with Gasteiger partial charge in [-0.15, -0.1) is 0 Å². The van der Waals surface area contributed by atoms with Crippen LogP contribution in [0.2, 0.25) is 5.02 Å². The first-order valence-corrected chi connectivity index (χ1v) is 9.61. The van der Waals surface area contributed by atoms with Gasteiger partial charge in [-0.3, -0.25) is 9.59 Å². The van der Waals surface area contributed by atoms with Crippen LogP contribution in [-0.2, 0) is 4.79 Å². The Labute approximate surface area is 159 Å². The van der Waals surface area contributed by atoms with E-state index in [2.05, 4.69) is 10.6 Å². The van der Waals surface area contributed by atoms with Gasteiger partial charge in [-0.1, -0.05) is 11.6 Å². The maximum atomic E-state index is 13.0. The lowest BCUT2D eigenvalue weighted by Crippen LogP contribution is -2.48. The molecule has 1 aromatic rings. The highest BCUT2D eigenvalue weighted by Gasteiger charge is 2.35. The van der Waals surface area contributed by atoms with E-state index in [1.54, 1.807) is 23.1 Å². The number of ether oxygens (including phenoxy) is 1. The summed E-state index contributed by atoms with van der Waals surface area (Å²) in [5.74, 6) is 0.661. The van der Waals surface area contributed by atoms with Crippen LogP contribution in [0.1, 0.15) is 36.0 Å². The third-order valence-corrected chi connectivity index (χ3v) is 5.41. The van der Waals surface area contributed by atoms with Crippen molar-refractivity contribution in [3.63, 3.8) is 0 Å². The van der Waals surface area contributed by atoms with Crippen LogP contribution in [0, 0.1) is 5.92 Å². The smallest absolute Gasteiger partial charge is 0.258 e. The van der Waals surface area contributed by atoms with Gasteiger partial charge in [-0.2, -0.15) is 0 Å². The number of hydrogen-bond acceptors (Lipinski definition) is 4. The molecule has 0 radical (unpaired) electrons. The molecule has 2 saturated heterocycles. The predicted molar refractivity (Wildman–Crippen MR) is 101 cm³/mol. The van der Waals surface area contributed by atoms with Gasteiger partial charge >= 0.3 is 0 Å². The number of amides is 2. The van der Waals surface area contributed by atoms with Gasteiger partial charge in [0.05, 0.1) is 12.7 Å². The number of carbonyl (C=O) groups excluding carboxylic acids is 2. The molecular weight excluding hydrogens is 354 g/mol. The highest BCUT2D eigenvalue weighted by atomic mass is 35.5. The number of hydrogen-bond donors (Lipinski definition) is 2. The van der Waals surface area contributed by atoms with Gasteiger partial charge < -0.3 is 20.3 Å². The predicted octanol–water partition coefficient (Wildman–Crippen LogP) is 2.07. The van der Waals surface area contributed by atoms with Crippen molar-refractivity contribution >= 4 is 23.4 Å². The summed E-state index contributed by atoms with van der Waals surface area (Å²) >= 11 is 6.05. The Bertz CT molecular complexity index is 661. The van der Waals surface area contributed by atoms with Crippen LogP contribution in [0.25, 0.3) is 0 Å². The Balaban J connectivity index is 1.66. The second-order valence-electron chi connectivity index (χ2n) is 6.96. The molecule has 142 valence electrons. The van der Waals surface area contributed by atoms with Crippen LogP contribution in [0.5, 0.6) is 5.75 Å². The van der Waals surface area contributed by atoms with Crippen molar-refractivity contribution in [1.82, 2.24) is 15.5 Å². The largest absolute Gasteiger partial charge is 0.496 e. The summed E-state index contributed by atoms with van der Waals surface area (Å²) in [7, 11) is 1.52. The zero-order chi connectivity index (χ0) is 18.5. The van der Waals surface area contributed by atoms with Crippen molar-refractivity contribution in [3.8, 4) is 5.75 Å². The molecule has 2 fully saturated rings. The molecule has 0 aliphatic carbocycles. The number of piperidine rings is 1. The first-order valence-electron chi connectivity index (χ1n) is 9.23. The number of likely N-dealkylation sites (tertiary alicyclic amines) is 1. The molecule has 7 heteroatoms. The molecule has 0 aromatic heterocycles. The van der Waals surface area contributed by atoms with E-state index in [9.17, 15) is 9.59 Å². The first-order chi connectivity index (χ1) is 12.6. The number of carbonyl (C=O) groups is 2. The van der Waals surface area contributed by atoms with E-state index in [4.69, 9.17) is 16.3 Å². The number of rotatable bonds is 5. The maximum Gasteiger partial charge on any atom is 0.258 e. The molecule has 2 unspecified atom stereocenters.